The second-order valence-electron chi connectivity index (χ2n) is 5.67. The lowest BCUT2D eigenvalue weighted by molar-refractivity contribution is 0.465. The van der Waals surface area contributed by atoms with Gasteiger partial charge in [-0.1, -0.05) is 18.9 Å². The first-order valence-electron chi connectivity index (χ1n) is 6.95. The molecule has 0 amide bonds. The SMILES string of the molecule is CC(C)CCC(C)Nc1nnc(CNC2CC2)o1. The molecule has 1 aliphatic rings. The van der Waals surface area contributed by atoms with Crippen molar-refractivity contribution in [2.24, 2.45) is 5.92 Å². The molecule has 1 atom stereocenters. The molecule has 1 fully saturated rings. The average molecular weight is 252 g/mol. The van der Waals surface area contributed by atoms with Crippen molar-refractivity contribution in [3.05, 3.63) is 5.89 Å². The zero-order valence-electron chi connectivity index (χ0n) is 11.6. The van der Waals surface area contributed by atoms with Crippen molar-refractivity contribution >= 4 is 6.01 Å². The monoisotopic (exact) mass is 252 g/mol. The van der Waals surface area contributed by atoms with Crippen LogP contribution in [-0.2, 0) is 6.54 Å². The molecule has 2 rings (SSSR count). The van der Waals surface area contributed by atoms with Crippen LogP contribution in [0.1, 0.15) is 52.3 Å². The summed E-state index contributed by atoms with van der Waals surface area (Å²) < 4.78 is 5.54. The molecule has 18 heavy (non-hydrogen) atoms. The quantitative estimate of drug-likeness (QED) is 0.744. The first kappa shape index (κ1) is 13.3. The van der Waals surface area contributed by atoms with Gasteiger partial charge in [-0.05, 0) is 38.5 Å². The van der Waals surface area contributed by atoms with Gasteiger partial charge in [-0.25, -0.2) is 0 Å². The van der Waals surface area contributed by atoms with Gasteiger partial charge in [0.25, 0.3) is 0 Å². The van der Waals surface area contributed by atoms with E-state index in [-0.39, 0.29) is 0 Å². The summed E-state index contributed by atoms with van der Waals surface area (Å²) in [6.07, 6.45) is 4.87. The minimum atomic E-state index is 0.372. The van der Waals surface area contributed by atoms with E-state index < -0.39 is 0 Å². The highest BCUT2D eigenvalue weighted by atomic mass is 16.4. The zero-order chi connectivity index (χ0) is 13.0. The van der Waals surface area contributed by atoms with Crippen LogP contribution in [-0.4, -0.2) is 22.3 Å². The van der Waals surface area contributed by atoms with E-state index >= 15 is 0 Å². The van der Waals surface area contributed by atoms with E-state index in [1.54, 1.807) is 0 Å². The van der Waals surface area contributed by atoms with Crippen LogP contribution in [0.15, 0.2) is 4.42 Å². The van der Waals surface area contributed by atoms with E-state index in [2.05, 4.69) is 41.6 Å². The molecule has 102 valence electrons. The Morgan fingerprint density at radius 1 is 1.22 bits per heavy atom. The van der Waals surface area contributed by atoms with Crippen LogP contribution in [0, 0.1) is 5.92 Å². The van der Waals surface area contributed by atoms with Crippen LogP contribution < -0.4 is 10.6 Å². The molecular formula is C13H24N4O. The fourth-order valence-corrected chi connectivity index (χ4v) is 1.77. The lowest BCUT2D eigenvalue weighted by Gasteiger charge is -2.12. The van der Waals surface area contributed by atoms with Crippen LogP contribution in [0.3, 0.4) is 0 Å². The van der Waals surface area contributed by atoms with Crippen LogP contribution in [0.2, 0.25) is 0 Å². The Morgan fingerprint density at radius 2 is 2.00 bits per heavy atom. The molecular weight excluding hydrogens is 228 g/mol. The van der Waals surface area contributed by atoms with Gasteiger partial charge >= 0.3 is 6.01 Å². The van der Waals surface area contributed by atoms with Crippen molar-refractivity contribution in [2.45, 2.75) is 65.1 Å². The number of aromatic nitrogens is 2. The van der Waals surface area contributed by atoms with Gasteiger partial charge in [-0.15, -0.1) is 5.10 Å². The topological polar surface area (TPSA) is 63.0 Å². The molecule has 2 N–H and O–H groups in total. The fourth-order valence-electron chi connectivity index (χ4n) is 1.77. The lowest BCUT2D eigenvalue weighted by atomic mass is 10.0. The highest BCUT2D eigenvalue weighted by Crippen LogP contribution is 2.19. The second-order valence-corrected chi connectivity index (χ2v) is 5.67. The fraction of sp³-hybridized carbons (Fsp3) is 0.846. The minimum absolute atomic E-state index is 0.372. The number of nitrogens with one attached hydrogen (secondary N) is 2. The third-order valence-corrected chi connectivity index (χ3v) is 3.13. The first-order valence-corrected chi connectivity index (χ1v) is 6.95. The predicted molar refractivity (Wildman–Crippen MR) is 71.3 cm³/mol. The molecule has 0 aliphatic heterocycles. The number of anilines is 1. The number of rotatable bonds is 8. The van der Waals surface area contributed by atoms with Crippen molar-refractivity contribution < 1.29 is 4.42 Å². The van der Waals surface area contributed by atoms with Gasteiger partial charge in [-0.3, -0.25) is 0 Å². The van der Waals surface area contributed by atoms with Gasteiger partial charge in [0, 0.05) is 12.1 Å². The van der Waals surface area contributed by atoms with Crippen molar-refractivity contribution in [1.29, 1.82) is 0 Å². The van der Waals surface area contributed by atoms with Crippen molar-refractivity contribution in [3.63, 3.8) is 0 Å². The van der Waals surface area contributed by atoms with Gasteiger partial charge in [0.15, 0.2) is 0 Å². The van der Waals surface area contributed by atoms with Gasteiger partial charge in [0.05, 0.1) is 6.54 Å². The van der Waals surface area contributed by atoms with E-state index in [9.17, 15) is 0 Å². The van der Waals surface area contributed by atoms with Crippen LogP contribution in [0.5, 0.6) is 0 Å². The van der Waals surface area contributed by atoms with Crippen LogP contribution in [0.25, 0.3) is 0 Å². The summed E-state index contributed by atoms with van der Waals surface area (Å²) in [4.78, 5) is 0. The van der Waals surface area contributed by atoms with Crippen molar-refractivity contribution in [2.75, 3.05) is 5.32 Å². The summed E-state index contributed by atoms with van der Waals surface area (Å²) in [5, 5.41) is 14.6. The van der Waals surface area contributed by atoms with Gasteiger partial charge in [-0.2, -0.15) is 0 Å². The molecule has 0 aromatic carbocycles. The second kappa shape index (κ2) is 6.18. The molecule has 0 bridgehead atoms. The third-order valence-electron chi connectivity index (χ3n) is 3.13. The Hall–Kier alpha value is -1.10. The number of hydrogen-bond acceptors (Lipinski definition) is 5. The zero-order valence-corrected chi connectivity index (χ0v) is 11.6. The largest absolute Gasteiger partial charge is 0.407 e. The smallest absolute Gasteiger partial charge is 0.315 e. The Balaban J connectivity index is 1.71. The Labute approximate surface area is 109 Å². The summed E-state index contributed by atoms with van der Waals surface area (Å²) in [5.41, 5.74) is 0. The maximum atomic E-state index is 5.54. The van der Waals surface area contributed by atoms with E-state index in [0.29, 0.717) is 30.5 Å². The van der Waals surface area contributed by atoms with E-state index in [0.717, 1.165) is 12.3 Å². The van der Waals surface area contributed by atoms with Gasteiger partial charge in [0.2, 0.25) is 5.89 Å². The van der Waals surface area contributed by atoms with E-state index in [4.69, 9.17) is 4.42 Å². The van der Waals surface area contributed by atoms with E-state index in [1.165, 1.54) is 19.3 Å². The summed E-state index contributed by atoms with van der Waals surface area (Å²) in [5.74, 6) is 1.40. The molecule has 0 saturated heterocycles. The standard InChI is InChI=1S/C13H24N4O/c1-9(2)4-5-10(3)15-13-17-16-12(18-13)8-14-11-6-7-11/h9-11,14H,4-8H2,1-3H3,(H,15,17). The molecule has 1 unspecified atom stereocenters. The summed E-state index contributed by atoms with van der Waals surface area (Å²) >= 11 is 0. The summed E-state index contributed by atoms with van der Waals surface area (Å²) in [6, 6.07) is 1.58. The van der Waals surface area contributed by atoms with Crippen LogP contribution in [0.4, 0.5) is 6.01 Å². The Bertz CT molecular complexity index is 360. The number of nitrogens with zero attached hydrogens (tertiary/aromatic N) is 2. The Kier molecular flexibility index (Phi) is 4.58. The highest BCUT2D eigenvalue weighted by Gasteiger charge is 2.21. The maximum Gasteiger partial charge on any atom is 0.315 e. The lowest BCUT2D eigenvalue weighted by Crippen LogP contribution is -2.16. The van der Waals surface area contributed by atoms with Crippen LogP contribution >= 0.6 is 0 Å². The molecule has 1 saturated carbocycles. The normalized spacial score (nSPS) is 17.1. The average Bonchev–Trinajstić information content (AvgIpc) is 3.05. The van der Waals surface area contributed by atoms with Gasteiger partial charge < -0.3 is 15.1 Å². The molecule has 5 heteroatoms. The summed E-state index contributed by atoms with van der Waals surface area (Å²) in [7, 11) is 0. The first-order chi connectivity index (χ1) is 8.63. The predicted octanol–water partition coefficient (Wildman–Crippen LogP) is 2.56. The molecule has 1 aliphatic carbocycles. The van der Waals surface area contributed by atoms with Gasteiger partial charge in [0.1, 0.15) is 0 Å². The molecule has 1 aromatic heterocycles. The van der Waals surface area contributed by atoms with Crippen molar-refractivity contribution in [3.8, 4) is 0 Å². The molecule has 0 radical (unpaired) electrons. The molecule has 5 nitrogen and oxygen atoms in total. The van der Waals surface area contributed by atoms with E-state index in [1.807, 2.05) is 0 Å². The third kappa shape index (κ3) is 4.64. The molecule has 1 heterocycles. The minimum Gasteiger partial charge on any atom is -0.407 e. The molecule has 1 aromatic rings. The number of hydrogen-bond donors (Lipinski definition) is 2. The summed E-state index contributed by atoms with van der Waals surface area (Å²) in [6.45, 7) is 7.30. The molecule has 0 spiro atoms. The highest BCUT2D eigenvalue weighted by molar-refractivity contribution is 5.18. The van der Waals surface area contributed by atoms with Crippen molar-refractivity contribution in [1.82, 2.24) is 15.5 Å². The maximum absolute atomic E-state index is 5.54. The Morgan fingerprint density at radius 3 is 2.67 bits per heavy atom.